The minimum atomic E-state index is -0.655. The third-order valence-electron chi connectivity index (χ3n) is 3.89. The van der Waals surface area contributed by atoms with E-state index in [1.807, 2.05) is 19.1 Å². The largest absolute Gasteiger partial charge is 0.487 e. The summed E-state index contributed by atoms with van der Waals surface area (Å²) in [6.45, 7) is 2.32. The molecule has 0 aliphatic rings. The average Bonchev–Trinajstić information content (AvgIpc) is 3.17. The number of hydrazone groups is 1. The number of nitro groups is 1. The van der Waals surface area contributed by atoms with Gasteiger partial charge in [-0.05, 0) is 80.2 Å². The Bertz CT molecular complexity index is 1090. The standard InChI is InChI=1S/C20H15Br2N3O5/c1-12-8-16(21)19(17(22)9-12)29-11-13-2-4-14(5-3-13)20(26)24-23-10-15-6-7-18(30-15)25(27)28/h2-10H,11H2,1H3,(H,24,26). The van der Waals surface area contributed by atoms with E-state index >= 15 is 0 Å². The first kappa shape index (κ1) is 21.7. The average molecular weight is 537 g/mol. The number of nitrogens with one attached hydrogen (secondary N) is 1. The molecule has 0 aliphatic heterocycles. The molecule has 1 heterocycles. The fraction of sp³-hybridized carbons (Fsp3) is 0.100. The zero-order valence-electron chi connectivity index (χ0n) is 15.6. The Labute approximate surface area is 188 Å². The third kappa shape index (κ3) is 5.55. The van der Waals surface area contributed by atoms with Gasteiger partial charge in [-0.15, -0.1) is 0 Å². The lowest BCUT2D eigenvalue weighted by molar-refractivity contribution is -0.402. The lowest BCUT2D eigenvalue weighted by Gasteiger charge is -2.11. The summed E-state index contributed by atoms with van der Waals surface area (Å²) in [5, 5.41) is 14.3. The first-order chi connectivity index (χ1) is 14.3. The van der Waals surface area contributed by atoms with Crippen LogP contribution in [-0.4, -0.2) is 17.0 Å². The van der Waals surface area contributed by atoms with Gasteiger partial charge in [0.1, 0.15) is 17.3 Å². The van der Waals surface area contributed by atoms with Crippen LogP contribution >= 0.6 is 31.9 Å². The maximum absolute atomic E-state index is 12.2. The summed E-state index contributed by atoms with van der Waals surface area (Å²) in [6, 6.07) is 13.4. The number of benzene rings is 2. The number of carbonyl (C=O) groups is 1. The van der Waals surface area contributed by atoms with E-state index in [1.54, 1.807) is 24.3 Å². The molecular formula is C20H15Br2N3O5. The Kier molecular flexibility index (Phi) is 7.01. The second-order valence-corrected chi connectivity index (χ2v) is 7.88. The van der Waals surface area contributed by atoms with Gasteiger partial charge in [-0.25, -0.2) is 5.43 Å². The van der Waals surface area contributed by atoms with E-state index in [0.717, 1.165) is 20.1 Å². The molecule has 1 N–H and O–H groups in total. The number of nitrogens with zero attached hydrogens (tertiary/aromatic N) is 2. The van der Waals surface area contributed by atoms with Crippen LogP contribution in [0.1, 0.15) is 27.2 Å². The molecule has 0 fully saturated rings. The van der Waals surface area contributed by atoms with Crippen LogP contribution in [0.5, 0.6) is 5.75 Å². The number of carbonyl (C=O) groups excluding carboxylic acids is 1. The highest BCUT2D eigenvalue weighted by Gasteiger charge is 2.11. The van der Waals surface area contributed by atoms with Crippen LogP contribution in [0, 0.1) is 17.0 Å². The van der Waals surface area contributed by atoms with E-state index < -0.39 is 16.7 Å². The zero-order chi connectivity index (χ0) is 21.7. The number of rotatable bonds is 7. The molecule has 0 saturated carbocycles. The van der Waals surface area contributed by atoms with Crippen LogP contribution in [0.15, 0.2) is 67.0 Å². The monoisotopic (exact) mass is 535 g/mol. The van der Waals surface area contributed by atoms with Crippen molar-refractivity contribution in [3.63, 3.8) is 0 Å². The third-order valence-corrected chi connectivity index (χ3v) is 5.07. The number of hydrogen-bond acceptors (Lipinski definition) is 6. The minimum absolute atomic E-state index is 0.155. The summed E-state index contributed by atoms with van der Waals surface area (Å²) >= 11 is 6.98. The lowest BCUT2D eigenvalue weighted by atomic mass is 10.1. The number of amides is 1. The molecule has 0 bridgehead atoms. The highest BCUT2D eigenvalue weighted by molar-refractivity contribution is 9.11. The first-order valence-electron chi connectivity index (χ1n) is 8.58. The van der Waals surface area contributed by atoms with Crippen LogP contribution < -0.4 is 10.2 Å². The molecule has 0 unspecified atom stereocenters. The summed E-state index contributed by atoms with van der Waals surface area (Å²) in [4.78, 5) is 22.1. The second kappa shape index (κ2) is 9.68. The summed E-state index contributed by atoms with van der Waals surface area (Å²) < 4.78 is 12.5. The van der Waals surface area contributed by atoms with Crippen molar-refractivity contribution in [2.24, 2.45) is 5.10 Å². The van der Waals surface area contributed by atoms with E-state index in [1.165, 1.54) is 18.3 Å². The van der Waals surface area contributed by atoms with Gasteiger partial charge >= 0.3 is 5.88 Å². The van der Waals surface area contributed by atoms with Gasteiger partial charge < -0.3 is 9.15 Å². The first-order valence-corrected chi connectivity index (χ1v) is 10.2. The van der Waals surface area contributed by atoms with Gasteiger partial charge in [-0.2, -0.15) is 5.10 Å². The lowest BCUT2D eigenvalue weighted by Crippen LogP contribution is -2.17. The molecule has 0 aliphatic carbocycles. The summed E-state index contributed by atoms with van der Waals surface area (Å²) in [6.07, 6.45) is 1.18. The molecule has 0 saturated heterocycles. The zero-order valence-corrected chi connectivity index (χ0v) is 18.8. The quantitative estimate of drug-likeness (QED) is 0.248. The summed E-state index contributed by atoms with van der Waals surface area (Å²) in [7, 11) is 0. The molecule has 3 rings (SSSR count). The Balaban J connectivity index is 1.56. The van der Waals surface area contributed by atoms with Crippen LogP contribution in [0.25, 0.3) is 0 Å². The van der Waals surface area contributed by atoms with Crippen molar-refractivity contribution in [1.29, 1.82) is 0 Å². The van der Waals surface area contributed by atoms with Crippen LogP contribution in [0.2, 0.25) is 0 Å². The predicted octanol–water partition coefficient (Wildman–Crippen LogP) is 5.36. The number of ether oxygens (including phenoxy) is 1. The van der Waals surface area contributed by atoms with Gasteiger partial charge in [-0.3, -0.25) is 14.9 Å². The minimum Gasteiger partial charge on any atom is -0.487 e. The molecule has 154 valence electrons. The Morgan fingerprint density at radius 3 is 2.47 bits per heavy atom. The molecule has 0 radical (unpaired) electrons. The number of hydrogen-bond donors (Lipinski definition) is 1. The molecule has 0 atom stereocenters. The molecule has 0 spiro atoms. The molecule has 10 heteroatoms. The normalized spacial score (nSPS) is 10.9. The van der Waals surface area contributed by atoms with E-state index in [4.69, 9.17) is 9.15 Å². The maximum atomic E-state index is 12.2. The van der Waals surface area contributed by atoms with Crippen molar-refractivity contribution in [3.05, 3.63) is 90.0 Å². The Hall–Kier alpha value is -2.98. The van der Waals surface area contributed by atoms with Crippen molar-refractivity contribution in [1.82, 2.24) is 5.43 Å². The highest BCUT2D eigenvalue weighted by Crippen LogP contribution is 2.35. The van der Waals surface area contributed by atoms with Crippen molar-refractivity contribution in [3.8, 4) is 5.75 Å². The van der Waals surface area contributed by atoms with Crippen LogP contribution in [0.4, 0.5) is 5.88 Å². The summed E-state index contributed by atoms with van der Waals surface area (Å²) in [5.74, 6) is 0.0342. The molecule has 2 aromatic carbocycles. The van der Waals surface area contributed by atoms with E-state index in [0.29, 0.717) is 17.9 Å². The number of halogens is 2. The highest BCUT2D eigenvalue weighted by atomic mass is 79.9. The van der Waals surface area contributed by atoms with Gasteiger partial charge in [0, 0.05) is 5.56 Å². The molecule has 3 aromatic rings. The molecule has 1 amide bonds. The van der Waals surface area contributed by atoms with Crippen molar-refractivity contribution in [2.75, 3.05) is 0 Å². The van der Waals surface area contributed by atoms with Crippen molar-refractivity contribution >= 4 is 49.9 Å². The van der Waals surface area contributed by atoms with E-state index in [2.05, 4.69) is 42.4 Å². The predicted molar refractivity (Wildman–Crippen MR) is 118 cm³/mol. The number of aryl methyl sites for hydroxylation is 1. The molecule has 8 nitrogen and oxygen atoms in total. The van der Waals surface area contributed by atoms with E-state index in [-0.39, 0.29) is 5.76 Å². The topological polar surface area (TPSA) is 107 Å². The smallest absolute Gasteiger partial charge is 0.433 e. The van der Waals surface area contributed by atoms with Gasteiger partial charge in [-0.1, -0.05) is 12.1 Å². The van der Waals surface area contributed by atoms with Gasteiger partial charge in [0.2, 0.25) is 0 Å². The summed E-state index contributed by atoms with van der Waals surface area (Å²) in [5.41, 5.74) is 4.73. The Morgan fingerprint density at radius 1 is 1.20 bits per heavy atom. The Morgan fingerprint density at radius 2 is 1.87 bits per heavy atom. The van der Waals surface area contributed by atoms with Crippen LogP contribution in [0.3, 0.4) is 0 Å². The van der Waals surface area contributed by atoms with E-state index in [9.17, 15) is 14.9 Å². The maximum Gasteiger partial charge on any atom is 0.433 e. The van der Waals surface area contributed by atoms with Crippen molar-refractivity contribution in [2.45, 2.75) is 13.5 Å². The SMILES string of the molecule is Cc1cc(Br)c(OCc2ccc(C(=O)NN=Cc3ccc([N+](=O)[O-])o3)cc2)c(Br)c1. The number of furan rings is 1. The molecule has 1 aromatic heterocycles. The molecular weight excluding hydrogens is 522 g/mol. The fourth-order valence-corrected chi connectivity index (χ4v) is 4.11. The van der Waals surface area contributed by atoms with Gasteiger partial charge in [0.05, 0.1) is 21.2 Å². The van der Waals surface area contributed by atoms with Crippen LogP contribution in [-0.2, 0) is 6.61 Å². The second-order valence-electron chi connectivity index (χ2n) is 6.18. The van der Waals surface area contributed by atoms with Crippen molar-refractivity contribution < 1.29 is 18.9 Å². The van der Waals surface area contributed by atoms with Gasteiger partial charge in [0.25, 0.3) is 5.91 Å². The molecule has 30 heavy (non-hydrogen) atoms. The van der Waals surface area contributed by atoms with Gasteiger partial charge in [0.15, 0.2) is 5.76 Å². The fourth-order valence-electron chi connectivity index (χ4n) is 2.46.